The van der Waals surface area contributed by atoms with Crippen LogP contribution in [-0.2, 0) is 0 Å². The van der Waals surface area contributed by atoms with Crippen molar-refractivity contribution in [2.75, 3.05) is 0 Å². The van der Waals surface area contributed by atoms with Gasteiger partial charge in [0.2, 0.25) is 0 Å². The third-order valence-electron chi connectivity index (χ3n) is 4.86. The van der Waals surface area contributed by atoms with Gasteiger partial charge in [0.1, 0.15) is 10.5 Å². The molecule has 0 aromatic carbocycles. The average molecular weight is 239 g/mol. The van der Waals surface area contributed by atoms with Crippen LogP contribution in [0.3, 0.4) is 0 Å². The second-order valence-corrected chi connectivity index (χ2v) is 6.44. The molecule has 0 unspecified atom stereocenters. The highest BCUT2D eigenvalue weighted by atomic mass is 32.1. The fourth-order valence-electron chi connectivity index (χ4n) is 3.99. The summed E-state index contributed by atoms with van der Waals surface area (Å²) in [5.74, 6) is 0. The predicted molar refractivity (Wildman–Crippen MR) is 69.3 cm³/mol. The molecule has 3 aliphatic rings. The van der Waals surface area contributed by atoms with Gasteiger partial charge in [0.05, 0.1) is 0 Å². The Labute approximate surface area is 104 Å². The van der Waals surface area contributed by atoms with E-state index in [1.807, 2.05) is 0 Å². The number of quaternary nitrogens is 1. The van der Waals surface area contributed by atoms with Crippen molar-refractivity contribution >= 4 is 17.2 Å². The van der Waals surface area contributed by atoms with Gasteiger partial charge >= 0.3 is 0 Å². The summed E-state index contributed by atoms with van der Waals surface area (Å²) in [6.07, 6.45) is 13.6. The lowest BCUT2D eigenvalue weighted by molar-refractivity contribution is -0.769. The van der Waals surface area contributed by atoms with Gasteiger partial charge in [-0.05, 0) is 25.7 Å². The number of hydrogen-bond acceptors (Lipinski definition) is 1. The van der Waals surface area contributed by atoms with E-state index in [0.29, 0.717) is 11.2 Å². The quantitative estimate of drug-likeness (QED) is 0.632. The molecule has 3 rings (SSSR count). The molecular weight excluding hydrogens is 216 g/mol. The average Bonchev–Trinajstić information content (AvgIpc) is 2.54. The molecule has 2 aliphatic carbocycles. The van der Waals surface area contributed by atoms with Crippen molar-refractivity contribution in [2.24, 2.45) is 0 Å². The Balaban J connectivity index is 1.80. The molecule has 2 saturated carbocycles. The summed E-state index contributed by atoms with van der Waals surface area (Å²) in [6.45, 7) is 0. The second-order valence-electron chi connectivity index (χ2n) is 6.03. The summed E-state index contributed by atoms with van der Waals surface area (Å²) >= 11 is 5.66. The van der Waals surface area contributed by atoms with Crippen molar-refractivity contribution in [3.8, 4) is 0 Å². The zero-order chi connectivity index (χ0) is 11.1. The van der Waals surface area contributed by atoms with Crippen LogP contribution in [0, 0.1) is 0 Å². The van der Waals surface area contributed by atoms with Crippen LogP contribution in [0.25, 0.3) is 0 Å². The minimum absolute atomic E-state index is 0.297. The van der Waals surface area contributed by atoms with Gasteiger partial charge in [-0.25, -0.2) is 0 Å². The van der Waals surface area contributed by atoms with Crippen LogP contribution in [0.2, 0.25) is 0 Å². The monoisotopic (exact) mass is 239 g/mol. The van der Waals surface area contributed by atoms with Gasteiger partial charge in [0.25, 0.3) is 0 Å². The van der Waals surface area contributed by atoms with Gasteiger partial charge in [0.15, 0.2) is 5.66 Å². The molecule has 1 heterocycles. The zero-order valence-corrected chi connectivity index (χ0v) is 10.9. The van der Waals surface area contributed by atoms with E-state index in [4.69, 9.17) is 12.2 Å². The zero-order valence-electron chi connectivity index (χ0n) is 10.1. The lowest BCUT2D eigenvalue weighted by Gasteiger charge is -2.35. The predicted octanol–water partition coefficient (Wildman–Crippen LogP) is 1.84. The van der Waals surface area contributed by atoms with Gasteiger partial charge < -0.3 is 10.6 Å². The van der Waals surface area contributed by atoms with Crippen LogP contribution >= 0.6 is 12.2 Å². The van der Waals surface area contributed by atoms with Gasteiger partial charge in [0, 0.05) is 25.7 Å². The number of hydrogen-bond donors (Lipinski definition) is 2. The first-order valence-electron chi connectivity index (χ1n) is 6.95. The first-order chi connectivity index (χ1) is 7.75. The van der Waals surface area contributed by atoms with E-state index in [9.17, 15) is 0 Å². The molecule has 0 atom stereocenters. The maximum absolute atomic E-state index is 5.66. The van der Waals surface area contributed by atoms with E-state index in [0.717, 1.165) is 0 Å². The third-order valence-corrected chi connectivity index (χ3v) is 5.37. The van der Waals surface area contributed by atoms with Crippen molar-refractivity contribution in [1.82, 2.24) is 5.32 Å². The van der Waals surface area contributed by atoms with Crippen molar-refractivity contribution < 1.29 is 5.32 Å². The molecule has 1 aliphatic heterocycles. The lowest BCUT2D eigenvalue weighted by atomic mass is 9.81. The van der Waals surface area contributed by atoms with E-state index in [1.165, 1.54) is 69.2 Å². The van der Waals surface area contributed by atoms with Crippen LogP contribution < -0.4 is 10.6 Å². The van der Waals surface area contributed by atoms with Crippen LogP contribution in [0.1, 0.15) is 64.2 Å². The van der Waals surface area contributed by atoms with Crippen LogP contribution in [0.15, 0.2) is 0 Å². The Hall–Kier alpha value is -0.150. The van der Waals surface area contributed by atoms with E-state index in [-0.39, 0.29) is 0 Å². The number of nitrogens with one attached hydrogen (secondary N) is 1. The smallest absolute Gasteiger partial charge is 0.170 e. The van der Waals surface area contributed by atoms with Gasteiger partial charge in [-0.2, -0.15) is 0 Å². The molecule has 3 heteroatoms. The summed E-state index contributed by atoms with van der Waals surface area (Å²) < 4.78 is 0. The second kappa shape index (κ2) is 3.95. The SMILES string of the molecule is S=C1NC2(CCCCC2)[NH2+]C12CCCCC2. The van der Waals surface area contributed by atoms with Gasteiger partial charge in [-0.1, -0.05) is 25.1 Å². The van der Waals surface area contributed by atoms with Gasteiger partial charge in [-0.15, -0.1) is 0 Å². The molecule has 3 fully saturated rings. The van der Waals surface area contributed by atoms with Crippen LogP contribution in [0.4, 0.5) is 0 Å². The van der Waals surface area contributed by atoms with Crippen LogP contribution in [-0.4, -0.2) is 16.2 Å². The Morgan fingerprint density at radius 2 is 1.44 bits per heavy atom. The lowest BCUT2D eigenvalue weighted by Crippen LogP contribution is -3.04. The molecular formula is C13H23N2S+. The summed E-state index contributed by atoms with van der Waals surface area (Å²) in [7, 11) is 0. The molecule has 0 radical (unpaired) electrons. The van der Waals surface area contributed by atoms with Crippen molar-refractivity contribution in [3.05, 3.63) is 0 Å². The van der Waals surface area contributed by atoms with Gasteiger partial charge in [-0.3, -0.25) is 0 Å². The Morgan fingerprint density at radius 1 is 0.875 bits per heavy atom. The molecule has 1 saturated heterocycles. The number of rotatable bonds is 0. The number of thiocarbonyl (C=S) groups is 1. The highest BCUT2D eigenvalue weighted by molar-refractivity contribution is 7.80. The first-order valence-corrected chi connectivity index (χ1v) is 7.35. The first kappa shape index (κ1) is 11.0. The maximum Gasteiger partial charge on any atom is 0.170 e. The summed E-state index contributed by atoms with van der Waals surface area (Å²) in [4.78, 5) is 1.18. The fourth-order valence-corrected chi connectivity index (χ4v) is 4.45. The highest BCUT2D eigenvalue weighted by Gasteiger charge is 2.55. The molecule has 3 N–H and O–H groups in total. The topological polar surface area (TPSA) is 28.6 Å². The fraction of sp³-hybridized carbons (Fsp3) is 0.923. The summed E-state index contributed by atoms with van der Waals surface area (Å²) in [6, 6.07) is 0. The van der Waals surface area contributed by atoms with Crippen LogP contribution in [0.5, 0.6) is 0 Å². The standard InChI is InChI=1S/C13H22N2S/c16-11-12(7-3-1-4-8-12)15-13(14-11)9-5-2-6-10-13/h15H,1-10H2,(H,14,16)/p+1. The van der Waals surface area contributed by atoms with Crippen molar-refractivity contribution in [2.45, 2.75) is 75.4 Å². The summed E-state index contributed by atoms with van der Waals surface area (Å²) in [5, 5.41) is 6.35. The van der Waals surface area contributed by atoms with Crippen molar-refractivity contribution in [1.29, 1.82) is 0 Å². The summed E-state index contributed by atoms with van der Waals surface area (Å²) in [5.41, 5.74) is 0.595. The molecule has 0 aromatic heterocycles. The largest absolute Gasteiger partial charge is 0.323 e. The normalized spacial score (nSPS) is 31.9. The van der Waals surface area contributed by atoms with E-state index < -0.39 is 0 Å². The van der Waals surface area contributed by atoms with E-state index in [2.05, 4.69) is 10.6 Å². The van der Waals surface area contributed by atoms with Crippen molar-refractivity contribution in [3.63, 3.8) is 0 Å². The minimum atomic E-state index is 0.297. The maximum atomic E-state index is 5.66. The molecule has 2 spiro atoms. The van der Waals surface area contributed by atoms with E-state index in [1.54, 1.807) is 0 Å². The third kappa shape index (κ3) is 1.68. The Kier molecular flexibility index (Phi) is 2.71. The molecule has 16 heavy (non-hydrogen) atoms. The molecule has 2 nitrogen and oxygen atoms in total. The molecule has 0 bridgehead atoms. The Morgan fingerprint density at radius 3 is 2.06 bits per heavy atom. The van der Waals surface area contributed by atoms with E-state index >= 15 is 0 Å². The number of nitrogens with two attached hydrogens (primary N) is 1. The minimum Gasteiger partial charge on any atom is -0.323 e. The molecule has 0 amide bonds. The molecule has 90 valence electrons. The Bertz CT molecular complexity index is 288. The molecule has 0 aromatic rings. The highest BCUT2D eigenvalue weighted by Crippen LogP contribution is 2.33.